The number of anilines is 1. The van der Waals surface area contributed by atoms with E-state index in [1.54, 1.807) is 23.7 Å². The molecular weight excluding hydrogens is 382 g/mol. The number of hydroxylamine groups is 2. The van der Waals surface area contributed by atoms with Gasteiger partial charge in [-0.1, -0.05) is 6.92 Å². The molecule has 0 spiro atoms. The molecule has 0 aromatic carbocycles. The predicted molar refractivity (Wildman–Crippen MR) is 111 cm³/mol. The maximum Gasteiger partial charge on any atom is 0.325 e. The molecule has 9 heteroatoms. The lowest BCUT2D eigenvalue weighted by Crippen LogP contribution is -2.46. The van der Waals surface area contributed by atoms with Crippen molar-refractivity contribution < 1.29 is 9.63 Å². The normalized spacial score (nSPS) is 23.3. The number of hydrogen-bond donors (Lipinski definition) is 0. The molecule has 0 amide bonds. The second-order valence-electron chi connectivity index (χ2n) is 8.37. The Bertz CT molecular complexity index is 952. The third-order valence-electron chi connectivity index (χ3n) is 5.82. The first kappa shape index (κ1) is 20.4. The average Bonchev–Trinajstić information content (AvgIpc) is 2.74. The number of hydrogen-bond acceptors (Lipinski definition) is 9. The molecule has 0 unspecified atom stereocenters. The van der Waals surface area contributed by atoms with Crippen molar-refractivity contribution in [3.63, 3.8) is 0 Å². The number of carbonyl (C=O) groups excluding carboxylic acids is 1. The van der Waals surface area contributed by atoms with E-state index >= 15 is 0 Å². The van der Waals surface area contributed by atoms with Crippen LogP contribution in [0.2, 0.25) is 0 Å². The minimum Gasteiger partial charge on any atom is -0.368 e. The predicted octanol–water partition coefficient (Wildman–Crippen LogP) is 1.45. The molecule has 0 N–H and O–H groups in total. The van der Waals surface area contributed by atoms with Gasteiger partial charge in [0.15, 0.2) is 5.69 Å². The number of piperazine rings is 1. The Morgan fingerprint density at radius 3 is 2.63 bits per heavy atom. The topological polar surface area (TPSA) is 98.5 Å². The highest BCUT2D eigenvalue weighted by molar-refractivity contribution is 5.90. The van der Waals surface area contributed by atoms with E-state index in [9.17, 15) is 10.1 Å². The van der Waals surface area contributed by atoms with Crippen LogP contribution in [0.15, 0.2) is 18.6 Å². The Kier molecular flexibility index (Phi) is 6.06. The molecule has 0 bridgehead atoms. The van der Waals surface area contributed by atoms with Crippen LogP contribution in [0.3, 0.4) is 0 Å². The fourth-order valence-electron chi connectivity index (χ4n) is 4.38. The summed E-state index contributed by atoms with van der Waals surface area (Å²) >= 11 is 0. The number of rotatable bonds is 4. The second kappa shape index (κ2) is 8.90. The Hall–Kier alpha value is -2.83. The van der Waals surface area contributed by atoms with Gasteiger partial charge in [0.1, 0.15) is 17.1 Å². The number of nitrogens with zero attached hydrogens (tertiary/aromatic N) is 7. The molecule has 0 radical (unpaired) electrons. The van der Waals surface area contributed by atoms with Gasteiger partial charge in [0, 0.05) is 51.7 Å². The van der Waals surface area contributed by atoms with E-state index in [4.69, 9.17) is 4.84 Å². The summed E-state index contributed by atoms with van der Waals surface area (Å²) in [6, 6.07) is 2.08. The first-order valence-corrected chi connectivity index (χ1v) is 10.4. The molecule has 2 aromatic rings. The molecule has 4 rings (SSSR count). The average molecular weight is 409 g/mol. The summed E-state index contributed by atoms with van der Waals surface area (Å²) in [5.74, 6) is 0.444. The molecule has 2 aliphatic heterocycles. The molecule has 2 fully saturated rings. The Morgan fingerprint density at radius 1 is 1.17 bits per heavy atom. The van der Waals surface area contributed by atoms with Crippen LogP contribution in [0.25, 0.3) is 11.0 Å². The highest BCUT2D eigenvalue weighted by atomic mass is 16.7. The lowest BCUT2D eigenvalue weighted by Gasteiger charge is -2.38. The minimum absolute atomic E-state index is 0.166. The smallest absolute Gasteiger partial charge is 0.325 e. The summed E-state index contributed by atoms with van der Waals surface area (Å²) in [5.41, 5.74) is 2.33. The van der Waals surface area contributed by atoms with Gasteiger partial charge in [-0.25, -0.2) is 9.97 Å². The van der Waals surface area contributed by atoms with Crippen LogP contribution in [0.4, 0.5) is 5.69 Å². The Balaban J connectivity index is 1.46. The van der Waals surface area contributed by atoms with E-state index < -0.39 is 0 Å². The number of piperidine rings is 1. The molecule has 158 valence electrons. The first-order chi connectivity index (χ1) is 14.5. The van der Waals surface area contributed by atoms with Gasteiger partial charge in [0.2, 0.25) is 0 Å². The zero-order chi connectivity index (χ0) is 21.1. The van der Waals surface area contributed by atoms with Gasteiger partial charge >= 0.3 is 5.97 Å². The third kappa shape index (κ3) is 4.50. The molecular formula is C21H27N7O2. The van der Waals surface area contributed by atoms with Crippen LogP contribution < -0.4 is 4.90 Å². The molecule has 2 aromatic heterocycles. The zero-order valence-corrected chi connectivity index (χ0v) is 17.5. The molecule has 4 heterocycles. The maximum absolute atomic E-state index is 12.5. The van der Waals surface area contributed by atoms with Gasteiger partial charge in [0.25, 0.3) is 0 Å². The molecule has 2 saturated heterocycles. The highest BCUT2D eigenvalue weighted by Gasteiger charge is 2.30. The monoisotopic (exact) mass is 409 g/mol. The lowest BCUT2D eigenvalue weighted by molar-refractivity contribution is -0.198. The van der Waals surface area contributed by atoms with Crippen molar-refractivity contribution in [1.82, 2.24) is 24.9 Å². The Morgan fingerprint density at radius 2 is 1.90 bits per heavy atom. The van der Waals surface area contributed by atoms with Crippen molar-refractivity contribution in [1.29, 1.82) is 5.26 Å². The summed E-state index contributed by atoms with van der Waals surface area (Å²) in [6.07, 6.45) is 6.27. The molecule has 0 saturated carbocycles. The van der Waals surface area contributed by atoms with Crippen LogP contribution >= 0.6 is 0 Å². The van der Waals surface area contributed by atoms with Crippen molar-refractivity contribution in [2.75, 3.05) is 51.2 Å². The standard InChI is InChI=1S/C21H27N7O2/c1-15-9-16(10-19(29)30-28-7-5-26(2)6-8-28)14-27(13-15)18-12-25-17(11-22)20-21(18)24-4-3-23-20/h3-4,12,15-16H,5-10,13-14H2,1-2H3/t15-,16-/m0/s1. The number of nitriles is 1. The van der Waals surface area contributed by atoms with Crippen molar-refractivity contribution in [3.05, 3.63) is 24.3 Å². The minimum atomic E-state index is -0.166. The van der Waals surface area contributed by atoms with Gasteiger partial charge in [-0.15, -0.1) is 5.06 Å². The van der Waals surface area contributed by atoms with Crippen LogP contribution in [-0.4, -0.2) is 77.2 Å². The summed E-state index contributed by atoms with van der Waals surface area (Å²) in [7, 11) is 2.07. The number of likely N-dealkylation sites (N-methyl/N-ethyl adjacent to an activating group) is 1. The molecule has 30 heavy (non-hydrogen) atoms. The fourth-order valence-corrected chi connectivity index (χ4v) is 4.38. The van der Waals surface area contributed by atoms with Crippen molar-refractivity contribution in [2.24, 2.45) is 11.8 Å². The van der Waals surface area contributed by atoms with Gasteiger partial charge in [-0.3, -0.25) is 9.78 Å². The van der Waals surface area contributed by atoms with Crippen molar-refractivity contribution in [3.8, 4) is 6.07 Å². The summed E-state index contributed by atoms with van der Waals surface area (Å²) in [4.78, 5) is 35.6. The number of fused-ring (bicyclic) bond motifs is 1. The maximum atomic E-state index is 12.5. The van der Waals surface area contributed by atoms with Gasteiger partial charge in [-0.2, -0.15) is 5.26 Å². The van der Waals surface area contributed by atoms with Crippen molar-refractivity contribution >= 4 is 22.7 Å². The lowest BCUT2D eigenvalue weighted by atomic mass is 9.88. The molecule has 2 aliphatic rings. The van der Waals surface area contributed by atoms with E-state index in [2.05, 4.69) is 44.8 Å². The zero-order valence-electron chi connectivity index (χ0n) is 17.5. The fraction of sp³-hybridized carbons (Fsp3) is 0.571. The van der Waals surface area contributed by atoms with Gasteiger partial charge < -0.3 is 14.6 Å². The van der Waals surface area contributed by atoms with Gasteiger partial charge in [-0.05, 0) is 25.3 Å². The van der Waals surface area contributed by atoms with E-state index in [0.717, 1.165) is 51.4 Å². The number of pyridine rings is 1. The summed E-state index contributed by atoms with van der Waals surface area (Å²) in [6.45, 7) is 7.07. The van der Waals surface area contributed by atoms with Gasteiger partial charge in [0.05, 0.1) is 18.3 Å². The molecule has 9 nitrogen and oxygen atoms in total. The highest BCUT2D eigenvalue weighted by Crippen LogP contribution is 2.32. The third-order valence-corrected chi connectivity index (χ3v) is 5.82. The van der Waals surface area contributed by atoms with Crippen LogP contribution in [0.1, 0.15) is 25.5 Å². The van der Waals surface area contributed by atoms with Crippen molar-refractivity contribution in [2.45, 2.75) is 19.8 Å². The largest absolute Gasteiger partial charge is 0.368 e. The van der Waals surface area contributed by atoms with E-state index in [1.165, 1.54) is 0 Å². The summed E-state index contributed by atoms with van der Waals surface area (Å²) in [5, 5.41) is 11.1. The number of carbonyl (C=O) groups is 1. The molecule has 2 atom stereocenters. The first-order valence-electron chi connectivity index (χ1n) is 10.4. The Labute approximate surface area is 176 Å². The van der Waals surface area contributed by atoms with Crippen LogP contribution in [0.5, 0.6) is 0 Å². The molecule has 0 aliphatic carbocycles. The van der Waals surface area contributed by atoms with Crippen LogP contribution in [-0.2, 0) is 9.63 Å². The van der Waals surface area contributed by atoms with Crippen LogP contribution in [0, 0.1) is 23.2 Å². The second-order valence-corrected chi connectivity index (χ2v) is 8.37. The van der Waals surface area contributed by atoms with E-state index in [1.807, 2.05) is 0 Å². The van der Waals surface area contributed by atoms with E-state index in [0.29, 0.717) is 23.4 Å². The SMILES string of the molecule is C[C@H]1C[C@@H](CC(=O)ON2CCN(C)CC2)CN(c2cnc(C#N)c3nccnc23)C1. The number of aromatic nitrogens is 3. The van der Waals surface area contributed by atoms with E-state index in [-0.39, 0.29) is 17.6 Å². The summed E-state index contributed by atoms with van der Waals surface area (Å²) < 4.78 is 0. The quantitative estimate of drug-likeness (QED) is 0.743.